The standard InChI is InChI=1S/C25H25NO/c1-3-10-23(24-14-9-8-11-19(24)4-2)20-15-17-22(18-16-20)26-25(27)21-12-6-5-7-13-21/h3,5-9,11-18,23H,1,4,10H2,2H3,(H,26,27). The molecule has 2 heteroatoms. The molecular weight excluding hydrogens is 330 g/mol. The monoisotopic (exact) mass is 355 g/mol. The van der Waals surface area contributed by atoms with Crippen molar-refractivity contribution in [1.82, 2.24) is 0 Å². The second-order valence-corrected chi connectivity index (χ2v) is 6.57. The highest BCUT2D eigenvalue weighted by Crippen LogP contribution is 2.31. The van der Waals surface area contributed by atoms with Crippen LogP contribution in [0.25, 0.3) is 0 Å². The number of benzene rings is 3. The molecule has 136 valence electrons. The van der Waals surface area contributed by atoms with Crippen molar-refractivity contribution in [1.29, 1.82) is 0 Å². The van der Waals surface area contributed by atoms with Gasteiger partial charge in [-0.2, -0.15) is 0 Å². The number of rotatable bonds is 7. The normalized spacial score (nSPS) is 11.6. The lowest BCUT2D eigenvalue weighted by molar-refractivity contribution is 0.102. The maximum atomic E-state index is 12.3. The Kier molecular flexibility index (Phi) is 6.22. The molecule has 0 fully saturated rings. The summed E-state index contributed by atoms with van der Waals surface area (Å²) in [6, 6.07) is 26.0. The zero-order valence-electron chi connectivity index (χ0n) is 15.7. The zero-order chi connectivity index (χ0) is 19.1. The van der Waals surface area contributed by atoms with Gasteiger partial charge in [0, 0.05) is 17.2 Å². The average molecular weight is 355 g/mol. The largest absolute Gasteiger partial charge is 0.322 e. The van der Waals surface area contributed by atoms with Crippen molar-refractivity contribution in [2.24, 2.45) is 0 Å². The number of carbonyl (C=O) groups excluding carboxylic acids is 1. The maximum absolute atomic E-state index is 12.3. The summed E-state index contributed by atoms with van der Waals surface area (Å²) < 4.78 is 0. The first-order valence-corrected chi connectivity index (χ1v) is 9.38. The summed E-state index contributed by atoms with van der Waals surface area (Å²) in [7, 11) is 0. The molecule has 1 atom stereocenters. The van der Waals surface area contributed by atoms with Gasteiger partial charge in [0.25, 0.3) is 5.91 Å². The van der Waals surface area contributed by atoms with Crippen molar-refractivity contribution >= 4 is 11.6 Å². The lowest BCUT2D eigenvalue weighted by atomic mass is 9.85. The molecule has 0 aliphatic carbocycles. The van der Waals surface area contributed by atoms with E-state index in [1.807, 2.05) is 48.5 Å². The second kappa shape index (κ2) is 9.00. The quantitative estimate of drug-likeness (QED) is 0.502. The molecule has 27 heavy (non-hydrogen) atoms. The summed E-state index contributed by atoms with van der Waals surface area (Å²) in [4.78, 5) is 12.3. The van der Waals surface area contributed by atoms with Crippen molar-refractivity contribution in [2.75, 3.05) is 5.32 Å². The van der Waals surface area contributed by atoms with E-state index in [1.54, 1.807) is 0 Å². The van der Waals surface area contributed by atoms with Crippen LogP contribution in [0, 0.1) is 0 Å². The van der Waals surface area contributed by atoms with Gasteiger partial charge in [-0.3, -0.25) is 4.79 Å². The maximum Gasteiger partial charge on any atom is 0.255 e. The van der Waals surface area contributed by atoms with Crippen LogP contribution < -0.4 is 5.32 Å². The minimum atomic E-state index is -0.0951. The van der Waals surface area contributed by atoms with Crippen LogP contribution in [0.4, 0.5) is 5.69 Å². The first-order valence-electron chi connectivity index (χ1n) is 9.38. The molecule has 1 N–H and O–H groups in total. The van der Waals surface area contributed by atoms with Gasteiger partial charge in [0.2, 0.25) is 0 Å². The smallest absolute Gasteiger partial charge is 0.255 e. The van der Waals surface area contributed by atoms with E-state index in [4.69, 9.17) is 0 Å². The molecule has 0 bridgehead atoms. The van der Waals surface area contributed by atoms with E-state index in [0.717, 1.165) is 18.5 Å². The van der Waals surface area contributed by atoms with E-state index < -0.39 is 0 Å². The fourth-order valence-electron chi connectivity index (χ4n) is 3.40. The third-order valence-electron chi connectivity index (χ3n) is 4.82. The number of amides is 1. The minimum absolute atomic E-state index is 0.0951. The van der Waals surface area contributed by atoms with Gasteiger partial charge in [0.15, 0.2) is 0 Å². The number of hydrogen-bond acceptors (Lipinski definition) is 1. The molecule has 0 spiro atoms. The summed E-state index contributed by atoms with van der Waals surface area (Å²) >= 11 is 0. The molecule has 0 saturated carbocycles. The molecule has 0 aliphatic heterocycles. The minimum Gasteiger partial charge on any atom is -0.322 e. The van der Waals surface area contributed by atoms with Crippen LogP contribution in [0.3, 0.4) is 0 Å². The number of carbonyl (C=O) groups is 1. The van der Waals surface area contributed by atoms with Crippen LogP contribution in [-0.4, -0.2) is 5.91 Å². The summed E-state index contributed by atoms with van der Waals surface area (Å²) in [5.41, 5.74) is 5.40. The number of anilines is 1. The average Bonchev–Trinajstić information content (AvgIpc) is 2.73. The molecule has 0 saturated heterocycles. The van der Waals surface area contributed by atoms with E-state index in [-0.39, 0.29) is 11.8 Å². The second-order valence-electron chi connectivity index (χ2n) is 6.57. The molecule has 1 unspecified atom stereocenters. The predicted molar refractivity (Wildman–Crippen MR) is 113 cm³/mol. The third-order valence-corrected chi connectivity index (χ3v) is 4.82. The van der Waals surface area contributed by atoms with Gasteiger partial charge in [0.05, 0.1) is 0 Å². The lowest BCUT2D eigenvalue weighted by Crippen LogP contribution is -2.11. The molecule has 0 aliphatic rings. The molecule has 0 aromatic heterocycles. The lowest BCUT2D eigenvalue weighted by Gasteiger charge is -2.20. The van der Waals surface area contributed by atoms with E-state index in [2.05, 4.69) is 55.2 Å². The van der Waals surface area contributed by atoms with Crippen LogP contribution in [0.2, 0.25) is 0 Å². The molecule has 3 aromatic carbocycles. The topological polar surface area (TPSA) is 29.1 Å². The Labute approximate surface area is 161 Å². The highest BCUT2D eigenvalue weighted by atomic mass is 16.1. The fraction of sp³-hybridized carbons (Fsp3) is 0.160. The van der Waals surface area contributed by atoms with Gasteiger partial charge in [0.1, 0.15) is 0 Å². The molecule has 3 aromatic rings. The number of aryl methyl sites for hydroxylation is 1. The molecule has 1 amide bonds. The van der Waals surface area contributed by atoms with Crippen LogP contribution in [-0.2, 0) is 6.42 Å². The van der Waals surface area contributed by atoms with E-state index in [0.29, 0.717) is 5.56 Å². The molecule has 3 rings (SSSR count). The highest BCUT2D eigenvalue weighted by molar-refractivity contribution is 6.04. The SMILES string of the molecule is C=CCC(c1ccc(NC(=O)c2ccccc2)cc1)c1ccccc1CC. The Balaban J connectivity index is 1.82. The summed E-state index contributed by atoms with van der Waals surface area (Å²) in [6.07, 6.45) is 3.87. The van der Waals surface area contributed by atoms with Crippen LogP contribution in [0.1, 0.15) is 46.3 Å². The van der Waals surface area contributed by atoms with Crippen LogP contribution in [0.5, 0.6) is 0 Å². The van der Waals surface area contributed by atoms with Crippen molar-refractivity contribution in [2.45, 2.75) is 25.7 Å². The van der Waals surface area contributed by atoms with E-state index in [1.165, 1.54) is 16.7 Å². The van der Waals surface area contributed by atoms with Crippen molar-refractivity contribution in [3.8, 4) is 0 Å². The Morgan fingerprint density at radius 2 is 1.63 bits per heavy atom. The Morgan fingerprint density at radius 1 is 0.963 bits per heavy atom. The van der Waals surface area contributed by atoms with Crippen molar-refractivity contribution in [3.05, 3.63) is 114 Å². The first kappa shape index (κ1) is 18.7. The molecule has 0 radical (unpaired) electrons. The Bertz CT molecular complexity index is 897. The number of hydrogen-bond donors (Lipinski definition) is 1. The fourth-order valence-corrected chi connectivity index (χ4v) is 3.40. The summed E-state index contributed by atoms with van der Waals surface area (Å²) in [6.45, 7) is 6.13. The van der Waals surface area contributed by atoms with Gasteiger partial charge in [-0.05, 0) is 53.8 Å². The highest BCUT2D eigenvalue weighted by Gasteiger charge is 2.16. The van der Waals surface area contributed by atoms with Crippen molar-refractivity contribution < 1.29 is 4.79 Å². The summed E-state index contributed by atoms with van der Waals surface area (Å²) in [5, 5.41) is 2.96. The Morgan fingerprint density at radius 3 is 2.30 bits per heavy atom. The molecule has 2 nitrogen and oxygen atoms in total. The van der Waals surface area contributed by atoms with Crippen LogP contribution >= 0.6 is 0 Å². The summed E-state index contributed by atoms with van der Waals surface area (Å²) in [5.74, 6) is 0.180. The number of allylic oxidation sites excluding steroid dienone is 1. The molecule has 0 heterocycles. The molecular formula is C25H25NO. The van der Waals surface area contributed by atoms with E-state index in [9.17, 15) is 4.79 Å². The van der Waals surface area contributed by atoms with Gasteiger partial charge in [-0.25, -0.2) is 0 Å². The first-order chi connectivity index (χ1) is 13.2. The van der Waals surface area contributed by atoms with Gasteiger partial charge in [-0.1, -0.05) is 67.6 Å². The van der Waals surface area contributed by atoms with Crippen LogP contribution in [0.15, 0.2) is 91.5 Å². The Hall–Kier alpha value is -3.13. The van der Waals surface area contributed by atoms with E-state index >= 15 is 0 Å². The number of nitrogens with one attached hydrogen (secondary N) is 1. The van der Waals surface area contributed by atoms with Crippen molar-refractivity contribution in [3.63, 3.8) is 0 Å². The predicted octanol–water partition coefficient (Wildman–Crippen LogP) is 6.21. The zero-order valence-corrected chi connectivity index (χ0v) is 15.7. The van der Waals surface area contributed by atoms with Gasteiger partial charge < -0.3 is 5.32 Å². The van der Waals surface area contributed by atoms with Gasteiger partial charge in [-0.15, -0.1) is 6.58 Å². The third kappa shape index (κ3) is 4.53. The van der Waals surface area contributed by atoms with Gasteiger partial charge >= 0.3 is 0 Å².